The second kappa shape index (κ2) is 7.72. The highest BCUT2D eigenvalue weighted by molar-refractivity contribution is 4.93. The van der Waals surface area contributed by atoms with Crippen molar-refractivity contribution in [3.63, 3.8) is 0 Å². The highest BCUT2D eigenvalue weighted by atomic mass is 16.5. The average Bonchev–Trinajstić information content (AvgIpc) is 2.56. The molecular weight excluding hydrogens is 320 g/mol. The van der Waals surface area contributed by atoms with Gasteiger partial charge < -0.3 is 4.74 Å². The molecule has 0 N–H and O–H groups in total. The minimum atomic E-state index is 0.310. The van der Waals surface area contributed by atoms with Crippen LogP contribution in [-0.4, -0.2) is 59.3 Å². The first kappa shape index (κ1) is 20.6. The van der Waals surface area contributed by atoms with Gasteiger partial charge in [0.1, 0.15) is 0 Å². The number of ether oxygens (including phenoxy) is 1. The molecule has 3 nitrogen and oxygen atoms in total. The Morgan fingerprint density at radius 1 is 0.615 bits per heavy atom. The van der Waals surface area contributed by atoms with E-state index in [1.54, 1.807) is 0 Å². The smallest absolute Gasteiger partial charge is 0.0603 e. The van der Waals surface area contributed by atoms with E-state index >= 15 is 0 Å². The number of hydrogen-bond acceptors (Lipinski definition) is 3. The zero-order valence-electron chi connectivity index (χ0n) is 18.4. The Balaban J connectivity index is 1.40. The summed E-state index contributed by atoms with van der Waals surface area (Å²) in [5.74, 6) is 0. The molecule has 3 fully saturated rings. The summed E-state index contributed by atoms with van der Waals surface area (Å²) in [6.07, 6.45) is 11.7. The fourth-order valence-electron chi connectivity index (χ4n) is 5.43. The van der Waals surface area contributed by atoms with Crippen LogP contribution in [0.15, 0.2) is 0 Å². The molecule has 0 bridgehead atoms. The van der Waals surface area contributed by atoms with Crippen LogP contribution >= 0.6 is 0 Å². The molecule has 1 saturated carbocycles. The van der Waals surface area contributed by atoms with Gasteiger partial charge in [0.2, 0.25) is 0 Å². The van der Waals surface area contributed by atoms with Gasteiger partial charge in [-0.05, 0) is 111 Å². The van der Waals surface area contributed by atoms with E-state index in [1.165, 1.54) is 77.5 Å². The van der Waals surface area contributed by atoms with Crippen molar-refractivity contribution in [2.45, 2.75) is 116 Å². The van der Waals surface area contributed by atoms with Crippen molar-refractivity contribution in [3.05, 3.63) is 0 Å². The van der Waals surface area contributed by atoms with Gasteiger partial charge >= 0.3 is 0 Å². The molecule has 0 aromatic carbocycles. The molecule has 2 heterocycles. The highest BCUT2D eigenvalue weighted by Gasteiger charge is 2.40. The van der Waals surface area contributed by atoms with E-state index < -0.39 is 0 Å². The van der Waals surface area contributed by atoms with Gasteiger partial charge in [-0.25, -0.2) is 0 Å². The van der Waals surface area contributed by atoms with Gasteiger partial charge in [-0.3, -0.25) is 9.80 Å². The zero-order valence-corrected chi connectivity index (χ0v) is 18.4. The van der Waals surface area contributed by atoms with Crippen LogP contribution in [0.1, 0.15) is 92.9 Å². The van der Waals surface area contributed by atoms with Crippen molar-refractivity contribution < 1.29 is 4.74 Å². The topological polar surface area (TPSA) is 15.7 Å². The Morgan fingerprint density at radius 2 is 1.04 bits per heavy atom. The molecule has 0 amide bonds. The molecule has 0 atom stereocenters. The van der Waals surface area contributed by atoms with Crippen molar-refractivity contribution in [1.82, 2.24) is 9.80 Å². The molecule has 1 aliphatic carbocycles. The van der Waals surface area contributed by atoms with Crippen LogP contribution in [0.2, 0.25) is 0 Å². The summed E-state index contributed by atoms with van der Waals surface area (Å²) in [4.78, 5) is 5.30. The maximum absolute atomic E-state index is 6.57. The third kappa shape index (κ3) is 5.02. The summed E-state index contributed by atoms with van der Waals surface area (Å²) in [5.41, 5.74) is 1.28. The third-order valence-electron chi connectivity index (χ3n) is 7.54. The van der Waals surface area contributed by atoms with Gasteiger partial charge in [0.15, 0.2) is 0 Å². The quantitative estimate of drug-likeness (QED) is 0.679. The number of rotatable bonds is 2. The van der Waals surface area contributed by atoms with Crippen LogP contribution in [0, 0.1) is 5.41 Å². The van der Waals surface area contributed by atoms with Gasteiger partial charge in [-0.1, -0.05) is 0 Å². The number of piperidine rings is 2. The first-order chi connectivity index (χ1) is 12.1. The van der Waals surface area contributed by atoms with Gasteiger partial charge in [0.25, 0.3) is 0 Å². The lowest BCUT2D eigenvalue weighted by molar-refractivity contribution is -0.0867. The third-order valence-corrected chi connectivity index (χ3v) is 7.54. The lowest BCUT2D eigenvalue weighted by atomic mass is 9.67. The molecule has 3 heteroatoms. The lowest BCUT2D eigenvalue weighted by Crippen LogP contribution is -2.50. The molecule has 0 aromatic heterocycles. The van der Waals surface area contributed by atoms with Gasteiger partial charge in [0, 0.05) is 24.2 Å². The van der Waals surface area contributed by atoms with Crippen LogP contribution in [0.3, 0.4) is 0 Å². The number of nitrogens with zero attached hydrogens (tertiary/aromatic N) is 2. The summed E-state index contributed by atoms with van der Waals surface area (Å²) in [5, 5.41) is 0. The van der Waals surface area contributed by atoms with E-state index in [1.807, 2.05) is 0 Å². The normalized spacial score (nSPS) is 27.9. The summed E-state index contributed by atoms with van der Waals surface area (Å²) in [7, 11) is 0. The fourth-order valence-corrected chi connectivity index (χ4v) is 5.43. The molecule has 1 spiro atoms. The first-order valence-electron chi connectivity index (χ1n) is 11.2. The van der Waals surface area contributed by atoms with Crippen molar-refractivity contribution in [2.75, 3.05) is 26.2 Å². The fraction of sp³-hybridized carbons (Fsp3) is 1.00. The predicted molar refractivity (Wildman–Crippen MR) is 111 cm³/mol. The van der Waals surface area contributed by atoms with Crippen LogP contribution in [-0.2, 0) is 4.74 Å². The largest absolute Gasteiger partial charge is 0.375 e. The van der Waals surface area contributed by atoms with E-state index in [9.17, 15) is 0 Å². The van der Waals surface area contributed by atoms with Crippen LogP contribution in [0.25, 0.3) is 0 Å². The molecule has 26 heavy (non-hydrogen) atoms. The first-order valence-corrected chi connectivity index (χ1v) is 11.2. The number of hydrogen-bond donors (Lipinski definition) is 0. The Morgan fingerprint density at radius 3 is 1.50 bits per heavy atom. The number of likely N-dealkylation sites (tertiary alicyclic amines) is 2. The molecule has 2 saturated heterocycles. The summed E-state index contributed by atoms with van der Waals surface area (Å²) >= 11 is 0. The molecule has 0 radical (unpaired) electrons. The monoisotopic (exact) mass is 364 g/mol. The predicted octanol–water partition coefficient (Wildman–Crippen LogP) is 5.09. The molecule has 0 aromatic rings. The van der Waals surface area contributed by atoms with Gasteiger partial charge in [-0.15, -0.1) is 0 Å². The van der Waals surface area contributed by atoms with Crippen molar-refractivity contribution in [3.8, 4) is 0 Å². The Hall–Kier alpha value is -0.120. The molecule has 3 rings (SSSR count). The SMILES string of the molecule is CC(C)(C)N1CCC(OC2CCC3(CC2)CCN(C(C)(C)C)CC3)CC1. The summed E-state index contributed by atoms with van der Waals surface area (Å²) in [6, 6.07) is 0. The highest BCUT2D eigenvalue weighted by Crippen LogP contribution is 2.46. The van der Waals surface area contributed by atoms with Crippen LogP contribution in [0.4, 0.5) is 0 Å². The minimum absolute atomic E-state index is 0.310. The maximum atomic E-state index is 6.57. The summed E-state index contributed by atoms with van der Waals surface area (Å²) < 4.78 is 6.57. The molecular formula is C23H44N2O. The van der Waals surface area contributed by atoms with E-state index in [2.05, 4.69) is 51.3 Å². The minimum Gasteiger partial charge on any atom is -0.375 e. The Bertz CT molecular complexity index is 436. The van der Waals surface area contributed by atoms with E-state index in [-0.39, 0.29) is 0 Å². The second-order valence-corrected chi connectivity index (χ2v) is 11.4. The van der Waals surface area contributed by atoms with Crippen LogP contribution < -0.4 is 0 Å². The average molecular weight is 365 g/mol. The van der Waals surface area contributed by atoms with E-state index in [0.29, 0.717) is 28.7 Å². The Labute approximate surface area is 162 Å². The zero-order chi connectivity index (χ0) is 19.0. The van der Waals surface area contributed by atoms with Gasteiger partial charge in [0.05, 0.1) is 12.2 Å². The maximum Gasteiger partial charge on any atom is 0.0603 e. The van der Waals surface area contributed by atoms with E-state index in [4.69, 9.17) is 4.74 Å². The second-order valence-electron chi connectivity index (χ2n) is 11.4. The van der Waals surface area contributed by atoms with Crippen molar-refractivity contribution in [1.29, 1.82) is 0 Å². The van der Waals surface area contributed by atoms with Crippen molar-refractivity contribution in [2.24, 2.45) is 5.41 Å². The Kier molecular flexibility index (Phi) is 6.12. The van der Waals surface area contributed by atoms with E-state index in [0.717, 1.165) is 0 Å². The lowest BCUT2D eigenvalue weighted by Gasteiger charge is -2.49. The molecule has 0 unspecified atom stereocenters. The standard InChI is InChI=1S/C23H44N2O/c1-21(2,3)24-15-9-20(10-16-24)26-19-7-11-23(12-8-19)13-17-25(18-14-23)22(4,5)6/h19-20H,7-18H2,1-6H3. The van der Waals surface area contributed by atoms with Crippen molar-refractivity contribution >= 4 is 0 Å². The van der Waals surface area contributed by atoms with Gasteiger partial charge in [-0.2, -0.15) is 0 Å². The summed E-state index contributed by atoms with van der Waals surface area (Å²) in [6.45, 7) is 19.1. The van der Waals surface area contributed by atoms with Crippen LogP contribution in [0.5, 0.6) is 0 Å². The molecule has 3 aliphatic rings. The molecule has 152 valence electrons. The molecule has 2 aliphatic heterocycles.